The molecule has 0 aliphatic rings. The van der Waals surface area contributed by atoms with E-state index in [-0.39, 0.29) is 18.5 Å². The number of nitrogens with zero attached hydrogens (tertiary/aromatic N) is 1. The smallest absolute Gasteiger partial charge is 0.240 e. The average molecular weight is 358 g/mol. The molecule has 2 aromatic heterocycles. The van der Waals surface area contributed by atoms with E-state index in [2.05, 4.69) is 17.4 Å². The van der Waals surface area contributed by atoms with Gasteiger partial charge >= 0.3 is 0 Å². The van der Waals surface area contributed by atoms with E-state index in [1.54, 1.807) is 6.26 Å². The Morgan fingerprint density at radius 2 is 2.08 bits per heavy atom. The molecule has 0 spiro atoms. The molecule has 0 aliphatic heterocycles. The fourth-order valence-electron chi connectivity index (χ4n) is 2.47. The van der Waals surface area contributed by atoms with Crippen LogP contribution in [-0.4, -0.2) is 10.5 Å². The van der Waals surface area contributed by atoms with Crippen molar-refractivity contribution >= 4 is 29.5 Å². The lowest BCUT2D eigenvalue weighted by molar-refractivity contribution is -0.122. The predicted octanol–water partition coefficient (Wildman–Crippen LogP) is 4.72. The van der Waals surface area contributed by atoms with Crippen LogP contribution in [0.5, 0.6) is 0 Å². The molecule has 4 nitrogen and oxygen atoms in total. The Kier molecular flexibility index (Phi) is 4.97. The molecular formula is C18H18N2O2S2. The highest BCUT2D eigenvalue weighted by Crippen LogP contribution is 2.24. The largest absolute Gasteiger partial charge is 0.467 e. The summed E-state index contributed by atoms with van der Waals surface area (Å²) in [5, 5.41) is 4.94. The van der Waals surface area contributed by atoms with E-state index >= 15 is 0 Å². The Hall–Kier alpha value is -2.18. The summed E-state index contributed by atoms with van der Waals surface area (Å²) in [6.45, 7) is 4.13. The van der Waals surface area contributed by atoms with Crippen LogP contribution in [0.3, 0.4) is 0 Å². The van der Waals surface area contributed by atoms with Crippen molar-refractivity contribution in [1.29, 1.82) is 0 Å². The quantitative estimate of drug-likeness (QED) is 0.671. The van der Waals surface area contributed by atoms with Gasteiger partial charge in [0.2, 0.25) is 5.91 Å². The van der Waals surface area contributed by atoms with E-state index in [4.69, 9.17) is 16.6 Å². The van der Waals surface area contributed by atoms with Crippen LogP contribution in [-0.2, 0) is 11.3 Å². The minimum atomic E-state index is -0.178. The van der Waals surface area contributed by atoms with Crippen LogP contribution < -0.4 is 5.32 Å². The highest BCUT2D eigenvalue weighted by atomic mass is 32.1. The molecule has 6 heteroatoms. The van der Waals surface area contributed by atoms with Crippen LogP contribution in [0, 0.1) is 10.9 Å². The van der Waals surface area contributed by atoms with Crippen LogP contribution >= 0.6 is 23.6 Å². The zero-order valence-electron chi connectivity index (χ0n) is 13.5. The second kappa shape index (κ2) is 7.15. The monoisotopic (exact) mass is 358 g/mol. The first-order valence-corrected chi connectivity index (χ1v) is 8.91. The zero-order chi connectivity index (χ0) is 17.1. The van der Waals surface area contributed by atoms with Gasteiger partial charge in [-0.15, -0.1) is 11.3 Å². The molecule has 0 saturated carbocycles. The number of rotatable bonds is 5. The maximum Gasteiger partial charge on any atom is 0.240 e. The van der Waals surface area contributed by atoms with Gasteiger partial charge in [-0.1, -0.05) is 29.8 Å². The van der Waals surface area contributed by atoms with E-state index in [0.717, 1.165) is 17.0 Å². The summed E-state index contributed by atoms with van der Waals surface area (Å²) in [5.41, 5.74) is 3.22. The van der Waals surface area contributed by atoms with E-state index in [0.29, 0.717) is 3.95 Å². The van der Waals surface area contributed by atoms with Crippen LogP contribution in [0.4, 0.5) is 0 Å². The number of amides is 1. The number of furan rings is 1. The molecule has 2 heterocycles. The summed E-state index contributed by atoms with van der Waals surface area (Å²) in [6.07, 6.45) is 1.60. The number of thiazole rings is 1. The Labute approximate surface area is 149 Å². The van der Waals surface area contributed by atoms with Gasteiger partial charge in [0.05, 0.1) is 18.0 Å². The number of hydrogen-bond acceptors (Lipinski definition) is 4. The maximum atomic E-state index is 12.4. The van der Waals surface area contributed by atoms with Crippen LogP contribution in [0.2, 0.25) is 0 Å². The summed E-state index contributed by atoms with van der Waals surface area (Å²) in [7, 11) is 0. The van der Waals surface area contributed by atoms with Crippen LogP contribution in [0.15, 0.2) is 52.5 Å². The number of carbonyl (C=O) groups excluding carboxylic acids is 1. The Balaban J connectivity index is 1.78. The van der Waals surface area contributed by atoms with Crippen molar-refractivity contribution in [3.8, 4) is 11.3 Å². The van der Waals surface area contributed by atoms with Gasteiger partial charge in [-0.05, 0) is 43.8 Å². The molecule has 0 radical (unpaired) electrons. The predicted molar refractivity (Wildman–Crippen MR) is 98.6 cm³/mol. The van der Waals surface area contributed by atoms with Gasteiger partial charge in [-0.3, -0.25) is 4.79 Å². The Morgan fingerprint density at radius 3 is 2.75 bits per heavy atom. The number of aromatic nitrogens is 1. The van der Waals surface area contributed by atoms with Crippen molar-refractivity contribution < 1.29 is 9.21 Å². The number of nitrogens with one attached hydrogen (secondary N) is 1. The average Bonchev–Trinajstić information content (AvgIpc) is 3.20. The van der Waals surface area contributed by atoms with Gasteiger partial charge in [0, 0.05) is 5.38 Å². The van der Waals surface area contributed by atoms with E-state index in [1.165, 1.54) is 16.9 Å². The molecular weight excluding hydrogens is 340 g/mol. The minimum Gasteiger partial charge on any atom is -0.467 e. The molecule has 24 heavy (non-hydrogen) atoms. The topological polar surface area (TPSA) is 47.2 Å². The Bertz CT molecular complexity index is 877. The second-order valence-electron chi connectivity index (χ2n) is 5.64. The number of benzene rings is 1. The highest BCUT2D eigenvalue weighted by Gasteiger charge is 2.15. The standard InChI is InChI=1S/C18H18N2O2S2/c1-12-5-7-14(8-6-12)15-11-24-18(23)20(15)10-17(21)19-13(2)16-4-3-9-22-16/h3-9,11,13H,10H2,1-2H3,(H,19,21)/t13-/m1/s1. The minimum absolute atomic E-state index is 0.0956. The molecule has 3 rings (SSSR count). The van der Waals surface area contributed by atoms with Gasteiger partial charge < -0.3 is 14.3 Å². The van der Waals surface area contributed by atoms with Gasteiger partial charge in [0.15, 0.2) is 3.95 Å². The summed E-state index contributed by atoms with van der Waals surface area (Å²) < 4.78 is 7.88. The van der Waals surface area contributed by atoms with Crippen molar-refractivity contribution in [1.82, 2.24) is 9.88 Å². The molecule has 1 aromatic carbocycles. The number of aryl methyl sites for hydroxylation is 1. The summed E-state index contributed by atoms with van der Waals surface area (Å²) in [5.74, 6) is 0.637. The maximum absolute atomic E-state index is 12.4. The lowest BCUT2D eigenvalue weighted by Crippen LogP contribution is -2.30. The second-order valence-corrected chi connectivity index (χ2v) is 7.15. The summed E-state index contributed by atoms with van der Waals surface area (Å²) >= 11 is 6.86. The van der Waals surface area contributed by atoms with E-state index < -0.39 is 0 Å². The lowest BCUT2D eigenvalue weighted by atomic mass is 10.1. The first kappa shape index (κ1) is 16.7. The third-order valence-corrected chi connectivity index (χ3v) is 5.05. The highest BCUT2D eigenvalue weighted by molar-refractivity contribution is 7.73. The summed E-state index contributed by atoms with van der Waals surface area (Å²) in [6, 6.07) is 11.7. The summed E-state index contributed by atoms with van der Waals surface area (Å²) in [4.78, 5) is 12.4. The molecule has 0 fully saturated rings. The van der Waals surface area contributed by atoms with Crippen LogP contribution in [0.1, 0.15) is 24.3 Å². The SMILES string of the molecule is Cc1ccc(-c2csc(=S)n2CC(=O)N[C@H](C)c2ccco2)cc1. The molecule has 0 aliphatic carbocycles. The zero-order valence-corrected chi connectivity index (χ0v) is 15.1. The van der Waals surface area contributed by atoms with Gasteiger partial charge in [0.25, 0.3) is 0 Å². The third kappa shape index (κ3) is 3.66. The molecule has 3 aromatic rings. The fraction of sp³-hybridized carbons (Fsp3) is 0.222. The number of hydrogen-bond donors (Lipinski definition) is 1. The third-order valence-electron chi connectivity index (χ3n) is 3.78. The van der Waals surface area contributed by atoms with Crippen molar-refractivity contribution in [3.05, 3.63) is 63.3 Å². The van der Waals surface area contributed by atoms with Crippen molar-refractivity contribution in [2.24, 2.45) is 0 Å². The van der Waals surface area contributed by atoms with E-state index in [1.807, 2.05) is 48.1 Å². The first-order chi connectivity index (χ1) is 11.5. The first-order valence-electron chi connectivity index (χ1n) is 7.62. The molecule has 0 bridgehead atoms. The molecule has 124 valence electrons. The van der Waals surface area contributed by atoms with Crippen molar-refractivity contribution in [2.45, 2.75) is 26.4 Å². The van der Waals surface area contributed by atoms with Gasteiger partial charge in [0.1, 0.15) is 12.3 Å². The van der Waals surface area contributed by atoms with Gasteiger partial charge in [-0.25, -0.2) is 0 Å². The molecule has 1 amide bonds. The fourth-order valence-corrected chi connectivity index (χ4v) is 3.54. The normalized spacial score (nSPS) is 12.1. The number of carbonyl (C=O) groups is 1. The molecule has 0 unspecified atom stereocenters. The molecule has 0 saturated heterocycles. The van der Waals surface area contributed by atoms with E-state index in [9.17, 15) is 4.79 Å². The molecule has 1 N–H and O–H groups in total. The molecule has 1 atom stereocenters. The van der Waals surface area contributed by atoms with Crippen molar-refractivity contribution in [2.75, 3.05) is 0 Å². The van der Waals surface area contributed by atoms with Crippen molar-refractivity contribution in [3.63, 3.8) is 0 Å². The van der Waals surface area contributed by atoms with Gasteiger partial charge in [-0.2, -0.15) is 0 Å². The lowest BCUT2D eigenvalue weighted by Gasteiger charge is -2.13. The van der Waals surface area contributed by atoms with Crippen LogP contribution in [0.25, 0.3) is 11.3 Å². The Morgan fingerprint density at radius 1 is 1.33 bits per heavy atom.